The minimum Gasteiger partial charge on any atom is -0.325 e. The topological polar surface area (TPSA) is 66.5 Å². The van der Waals surface area contributed by atoms with Crippen LogP contribution in [0, 0.1) is 6.92 Å². The number of benzene rings is 2. The molecule has 0 bridgehead atoms. The average molecular weight is 412 g/mol. The van der Waals surface area contributed by atoms with E-state index in [0.717, 1.165) is 34.1 Å². The van der Waals surface area contributed by atoms with Gasteiger partial charge in [-0.15, -0.1) is 0 Å². The molecule has 2 aromatic rings. The van der Waals surface area contributed by atoms with E-state index in [-0.39, 0.29) is 17.1 Å². The quantitative estimate of drug-likeness (QED) is 0.831. The lowest BCUT2D eigenvalue weighted by atomic mass is 10.2. The van der Waals surface area contributed by atoms with Gasteiger partial charge in [0.15, 0.2) is 0 Å². The van der Waals surface area contributed by atoms with E-state index >= 15 is 0 Å². The van der Waals surface area contributed by atoms with Crippen LogP contribution in [0.2, 0.25) is 0 Å². The molecule has 1 amide bonds. The van der Waals surface area contributed by atoms with Gasteiger partial charge in [0, 0.05) is 12.2 Å². The number of nitrogens with one attached hydrogen (secondary N) is 1. The van der Waals surface area contributed by atoms with Gasteiger partial charge in [0.2, 0.25) is 15.9 Å². The summed E-state index contributed by atoms with van der Waals surface area (Å²) in [6.07, 6.45) is -3.60. The van der Waals surface area contributed by atoms with Crippen LogP contribution in [0.15, 0.2) is 53.4 Å². The van der Waals surface area contributed by atoms with E-state index in [1.807, 2.05) is 6.92 Å². The lowest BCUT2D eigenvalue weighted by Crippen LogP contribution is -2.43. The van der Waals surface area contributed by atoms with Crippen molar-refractivity contribution in [2.75, 3.05) is 11.9 Å². The highest BCUT2D eigenvalue weighted by atomic mass is 32.2. The molecule has 0 spiro atoms. The molecule has 1 fully saturated rings. The van der Waals surface area contributed by atoms with Crippen molar-refractivity contribution < 1.29 is 26.4 Å². The van der Waals surface area contributed by atoms with Gasteiger partial charge in [-0.1, -0.05) is 17.7 Å². The van der Waals surface area contributed by atoms with Crippen LogP contribution in [-0.4, -0.2) is 31.2 Å². The molecule has 3 rings (SSSR count). The standard InChI is InChI=1S/C19H19F3N2O3S/c1-13-4-10-16(11-5-13)28(26,27)24-12-2-3-17(24)18(25)23-15-8-6-14(7-9-15)19(20,21)22/h4-11,17H,2-3,12H2,1H3,(H,23,25)/t17-/m1/s1. The number of carbonyl (C=O) groups is 1. The molecule has 150 valence electrons. The van der Waals surface area contributed by atoms with Crippen molar-refractivity contribution in [3.05, 3.63) is 59.7 Å². The van der Waals surface area contributed by atoms with Crippen LogP contribution < -0.4 is 5.32 Å². The summed E-state index contributed by atoms with van der Waals surface area (Å²) in [4.78, 5) is 12.7. The Kier molecular flexibility index (Phi) is 5.49. The number of rotatable bonds is 4. The van der Waals surface area contributed by atoms with Gasteiger partial charge in [0.05, 0.1) is 10.5 Å². The van der Waals surface area contributed by atoms with Crippen LogP contribution in [0.5, 0.6) is 0 Å². The maximum Gasteiger partial charge on any atom is 0.416 e. The van der Waals surface area contributed by atoms with E-state index in [1.165, 1.54) is 12.1 Å². The number of sulfonamides is 1. The molecule has 0 radical (unpaired) electrons. The summed E-state index contributed by atoms with van der Waals surface area (Å²) in [7, 11) is -3.84. The molecule has 9 heteroatoms. The fourth-order valence-corrected chi connectivity index (χ4v) is 4.76. The highest BCUT2D eigenvalue weighted by Crippen LogP contribution is 2.30. The number of amides is 1. The number of anilines is 1. The van der Waals surface area contributed by atoms with Gasteiger partial charge in [-0.05, 0) is 56.2 Å². The van der Waals surface area contributed by atoms with E-state index < -0.39 is 33.7 Å². The molecule has 1 aliphatic heterocycles. The largest absolute Gasteiger partial charge is 0.416 e. The van der Waals surface area contributed by atoms with E-state index in [2.05, 4.69) is 5.32 Å². The molecule has 1 N–H and O–H groups in total. The second-order valence-corrected chi connectivity index (χ2v) is 8.54. The molecule has 1 atom stereocenters. The molecule has 0 unspecified atom stereocenters. The lowest BCUT2D eigenvalue weighted by Gasteiger charge is -2.23. The van der Waals surface area contributed by atoms with Gasteiger partial charge in [-0.3, -0.25) is 4.79 Å². The minimum atomic E-state index is -4.47. The molecular formula is C19H19F3N2O3S. The minimum absolute atomic E-state index is 0.104. The molecule has 0 aliphatic carbocycles. The summed E-state index contributed by atoms with van der Waals surface area (Å²) in [5.74, 6) is -0.562. The zero-order valence-corrected chi connectivity index (χ0v) is 15.8. The van der Waals surface area contributed by atoms with E-state index in [1.54, 1.807) is 12.1 Å². The third kappa shape index (κ3) is 4.20. The molecule has 0 saturated carbocycles. The van der Waals surface area contributed by atoms with Crippen molar-refractivity contribution in [3.8, 4) is 0 Å². The van der Waals surface area contributed by atoms with Crippen molar-refractivity contribution in [2.45, 2.75) is 36.9 Å². The Labute approximate surface area is 161 Å². The predicted molar refractivity (Wildman–Crippen MR) is 98.2 cm³/mol. The second-order valence-electron chi connectivity index (χ2n) is 6.65. The molecule has 1 heterocycles. The SMILES string of the molecule is Cc1ccc(S(=O)(=O)N2CCC[C@@H]2C(=O)Nc2ccc(C(F)(F)F)cc2)cc1. The van der Waals surface area contributed by atoms with Crippen molar-refractivity contribution in [2.24, 2.45) is 0 Å². The lowest BCUT2D eigenvalue weighted by molar-refractivity contribution is -0.137. The van der Waals surface area contributed by atoms with Gasteiger partial charge >= 0.3 is 6.18 Å². The number of aryl methyl sites for hydroxylation is 1. The molecule has 1 saturated heterocycles. The van der Waals surface area contributed by atoms with Crippen LogP contribution in [0.25, 0.3) is 0 Å². The van der Waals surface area contributed by atoms with Crippen LogP contribution in [0.1, 0.15) is 24.0 Å². The monoisotopic (exact) mass is 412 g/mol. The number of hydrogen-bond acceptors (Lipinski definition) is 3. The van der Waals surface area contributed by atoms with Crippen LogP contribution in [-0.2, 0) is 21.0 Å². The molecule has 5 nitrogen and oxygen atoms in total. The fourth-order valence-electron chi connectivity index (χ4n) is 3.10. The summed E-state index contributed by atoms with van der Waals surface area (Å²) in [5, 5.41) is 2.51. The second kappa shape index (κ2) is 7.56. The third-order valence-corrected chi connectivity index (χ3v) is 6.54. The first-order valence-corrected chi connectivity index (χ1v) is 10.1. The number of nitrogens with zero attached hydrogens (tertiary/aromatic N) is 1. The first-order valence-electron chi connectivity index (χ1n) is 8.66. The maximum atomic E-state index is 12.9. The number of halogens is 3. The maximum absolute atomic E-state index is 12.9. The van der Waals surface area contributed by atoms with Gasteiger partial charge in [-0.2, -0.15) is 17.5 Å². The number of hydrogen-bond donors (Lipinski definition) is 1. The Morgan fingerprint density at radius 1 is 1.07 bits per heavy atom. The van der Waals surface area contributed by atoms with Crippen molar-refractivity contribution in [3.63, 3.8) is 0 Å². The third-order valence-electron chi connectivity index (χ3n) is 4.61. The van der Waals surface area contributed by atoms with Crippen molar-refractivity contribution in [1.82, 2.24) is 4.31 Å². The first-order chi connectivity index (χ1) is 13.1. The molecule has 1 aliphatic rings. The highest BCUT2D eigenvalue weighted by Gasteiger charge is 2.39. The van der Waals surface area contributed by atoms with Gasteiger partial charge in [0.25, 0.3) is 0 Å². The number of carbonyl (C=O) groups excluding carboxylic acids is 1. The summed E-state index contributed by atoms with van der Waals surface area (Å²) in [6, 6.07) is 9.47. The average Bonchev–Trinajstić information content (AvgIpc) is 3.12. The Morgan fingerprint density at radius 2 is 1.68 bits per heavy atom. The number of alkyl halides is 3. The zero-order valence-electron chi connectivity index (χ0n) is 15.0. The van der Waals surface area contributed by atoms with Gasteiger partial charge < -0.3 is 5.32 Å². The van der Waals surface area contributed by atoms with E-state index in [9.17, 15) is 26.4 Å². The molecule has 0 aromatic heterocycles. The Morgan fingerprint density at radius 3 is 2.25 bits per heavy atom. The fraction of sp³-hybridized carbons (Fsp3) is 0.316. The summed E-state index contributed by atoms with van der Waals surface area (Å²) >= 11 is 0. The highest BCUT2D eigenvalue weighted by molar-refractivity contribution is 7.89. The van der Waals surface area contributed by atoms with Gasteiger partial charge in [-0.25, -0.2) is 8.42 Å². The Hall–Kier alpha value is -2.39. The summed E-state index contributed by atoms with van der Waals surface area (Å²) in [6.45, 7) is 2.05. The first kappa shape index (κ1) is 20.3. The molecule has 2 aromatic carbocycles. The summed E-state index contributed by atoms with van der Waals surface area (Å²) < 4.78 is 64.8. The smallest absolute Gasteiger partial charge is 0.325 e. The zero-order chi connectivity index (χ0) is 20.5. The molecular weight excluding hydrogens is 393 g/mol. The Bertz CT molecular complexity index is 955. The van der Waals surface area contributed by atoms with Gasteiger partial charge in [0.1, 0.15) is 6.04 Å². The van der Waals surface area contributed by atoms with Crippen molar-refractivity contribution >= 4 is 21.6 Å². The van der Waals surface area contributed by atoms with Crippen LogP contribution in [0.3, 0.4) is 0 Å². The Balaban J connectivity index is 1.77. The van der Waals surface area contributed by atoms with E-state index in [0.29, 0.717) is 12.8 Å². The van der Waals surface area contributed by atoms with Crippen LogP contribution >= 0.6 is 0 Å². The van der Waals surface area contributed by atoms with Crippen LogP contribution in [0.4, 0.5) is 18.9 Å². The van der Waals surface area contributed by atoms with E-state index in [4.69, 9.17) is 0 Å². The summed E-state index contributed by atoms with van der Waals surface area (Å²) in [5.41, 5.74) is 0.268. The van der Waals surface area contributed by atoms with Crippen molar-refractivity contribution in [1.29, 1.82) is 0 Å². The predicted octanol–water partition coefficient (Wildman–Crippen LogP) is 3.81. The normalized spacial score (nSPS) is 18.2. The molecule has 28 heavy (non-hydrogen) atoms.